The van der Waals surface area contributed by atoms with Crippen LogP contribution in [0.25, 0.3) is 10.9 Å². The zero-order valence-corrected chi connectivity index (χ0v) is 15.3. The summed E-state index contributed by atoms with van der Waals surface area (Å²) in [7, 11) is -0.870. The number of methoxy groups -OCH3 is 2. The van der Waals surface area contributed by atoms with Crippen LogP contribution in [0.15, 0.2) is 41.3 Å². The number of aromatic nitrogens is 1. The lowest BCUT2D eigenvalue weighted by atomic mass is 10.2. The fraction of sp³-hybridized carbons (Fsp3) is 0.167. The molecule has 0 amide bonds. The quantitative estimate of drug-likeness (QED) is 0.717. The second kappa shape index (κ2) is 6.61. The predicted octanol–water partition coefficient (Wildman–Crippen LogP) is 3.17. The van der Waals surface area contributed by atoms with Crippen LogP contribution in [-0.2, 0) is 10.0 Å². The second-order valence-corrected chi connectivity index (χ2v) is 7.34. The lowest BCUT2D eigenvalue weighted by Gasteiger charge is -2.10. The SMILES string of the molecule is COc1cc2[nH]c(C#N)c(NS(=O)(=O)c3ccc(C)cc3)c2cc1OC. The molecular weight excluding hydrogens is 354 g/mol. The van der Waals surface area contributed by atoms with E-state index in [1.807, 2.05) is 13.0 Å². The van der Waals surface area contributed by atoms with Crippen molar-refractivity contribution in [3.8, 4) is 17.6 Å². The third-order valence-electron chi connectivity index (χ3n) is 3.98. The minimum absolute atomic E-state index is 0.103. The summed E-state index contributed by atoms with van der Waals surface area (Å²) < 4.78 is 38.4. The lowest BCUT2D eigenvalue weighted by Crippen LogP contribution is -2.13. The molecule has 1 aromatic heterocycles. The largest absolute Gasteiger partial charge is 0.493 e. The van der Waals surface area contributed by atoms with Gasteiger partial charge in [-0.2, -0.15) is 5.26 Å². The number of sulfonamides is 1. The molecule has 7 nitrogen and oxygen atoms in total. The maximum absolute atomic E-state index is 12.7. The summed E-state index contributed by atoms with van der Waals surface area (Å²) in [4.78, 5) is 3.01. The van der Waals surface area contributed by atoms with Gasteiger partial charge in [0.25, 0.3) is 10.0 Å². The maximum atomic E-state index is 12.7. The Kier molecular flexibility index (Phi) is 4.49. The Hall–Kier alpha value is -3.18. The van der Waals surface area contributed by atoms with Crippen molar-refractivity contribution in [2.45, 2.75) is 11.8 Å². The molecule has 2 aromatic carbocycles. The highest BCUT2D eigenvalue weighted by molar-refractivity contribution is 7.92. The molecule has 0 atom stereocenters. The number of aromatic amines is 1. The first-order chi connectivity index (χ1) is 12.4. The molecule has 3 aromatic rings. The van der Waals surface area contributed by atoms with Crippen molar-refractivity contribution in [1.29, 1.82) is 5.26 Å². The number of fused-ring (bicyclic) bond motifs is 1. The van der Waals surface area contributed by atoms with Gasteiger partial charge in [0, 0.05) is 11.5 Å². The molecule has 0 bridgehead atoms. The van der Waals surface area contributed by atoms with Gasteiger partial charge in [-0.15, -0.1) is 0 Å². The number of anilines is 1. The summed E-state index contributed by atoms with van der Waals surface area (Å²) in [6.45, 7) is 1.87. The van der Waals surface area contributed by atoms with Crippen molar-refractivity contribution in [2.24, 2.45) is 0 Å². The van der Waals surface area contributed by atoms with Gasteiger partial charge in [-0.05, 0) is 25.1 Å². The van der Waals surface area contributed by atoms with E-state index in [0.717, 1.165) is 5.56 Å². The predicted molar refractivity (Wildman–Crippen MR) is 98.1 cm³/mol. The molecule has 1 heterocycles. The highest BCUT2D eigenvalue weighted by Gasteiger charge is 2.21. The van der Waals surface area contributed by atoms with E-state index in [2.05, 4.69) is 9.71 Å². The zero-order valence-electron chi connectivity index (χ0n) is 14.5. The number of rotatable bonds is 5. The Morgan fingerprint density at radius 3 is 2.27 bits per heavy atom. The van der Waals surface area contributed by atoms with Crippen molar-refractivity contribution in [3.05, 3.63) is 47.7 Å². The summed E-state index contributed by atoms with van der Waals surface area (Å²) in [5.74, 6) is 0.901. The van der Waals surface area contributed by atoms with E-state index in [9.17, 15) is 13.7 Å². The molecule has 2 N–H and O–H groups in total. The highest BCUT2D eigenvalue weighted by Crippen LogP contribution is 2.37. The number of nitrogens with zero attached hydrogens (tertiary/aromatic N) is 1. The molecule has 0 spiro atoms. The molecule has 0 unspecified atom stereocenters. The van der Waals surface area contributed by atoms with Gasteiger partial charge in [-0.25, -0.2) is 8.42 Å². The monoisotopic (exact) mass is 371 g/mol. The third-order valence-corrected chi connectivity index (χ3v) is 5.35. The summed E-state index contributed by atoms with van der Waals surface area (Å²) in [5.41, 5.74) is 1.78. The van der Waals surface area contributed by atoms with E-state index < -0.39 is 10.0 Å². The lowest BCUT2D eigenvalue weighted by molar-refractivity contribution is 0.356. The molecule has 0 saturated heterocycles. The van der Waals surface area contributed by atoms with Gasteiger partial charge in [0.05, 0.1) is 30.3 Å². The number of aryl methyl sites for hydroxylation is 1. The van der Waals surface area contributed by atoms with E-state index in [4.69, 9.17) is 9.47 Å². The number of hydrogen-bond acceptors (Lipinski definition) is 5. The summed E-state index contributed by atoms with van der Waals surface area (Å²) in [5, 5.41) is 9.91. The molecule has 0 aliphatic heterocycles. The fourth-order valence-electron chi connectivity index (χ4n) is 2.62. The number of nitriles is 1. The van der Waals surface area contributed by atoms with Gasteiger partial charge < -0.3 is 14.5 Å². The number of ether oxygens (including phenoxy) is 2. The summed E-state index contributed by atoms with van der Waals surface area (Å²) >= 11 is 0. The Labute approximate surface area is 151 Å². The third kappa shape index (κ3) is 3.05. The minimum Gasteiger partial charge on any atom is -0.493 e. The Morgan fingerprint density at radius 2 is 1.69 bits per heavy atom. The van der Waals surface area contributed by atoms with E-state index in [0.29, 0.717) is 22.4 Å². The van der Waals surface area contributed by atoms with Crippen LogP contribution in [0.3, 0.4) is 0 Å². The van der Waals surface area contributed by atoms with Gasteiger partial charge in [0.2, 0.25) is 0 Å². The molecule has 0 radical (unpaired) electrons. The molecule has 3 rings (SSSR count). The van der Waals surface area contributed by atoms with Gasteiger partial charge >= 0.3 is 0 Å². The average molecular weight is 371 g/mol. The minimum atomic E-state index is -3.85. The van der Waals surface area contributed by atoms with Gasteiger partial charge in [0.1, 0.15) is 11.8 Å². The van der Waals surface area contributed by atoms with Crippen LogP contribution in [0.5, 0.6) is 11.5 Å². The van der Waals surface area contributed by atoms with Crippen LogP contribution < -0.4 is 14.2 Å². The molecule has 8 heteroatoms. The highest BCUT2D eigenvalue weighted by atomic mass is 32.2. The van der Waals surface area contributed by atoms with Crippen molar-refractivity contribution in [3.63, 3.8) is 0 Å². The van der Waals surface area contributed by atoms with E-state index in [1.165, 1.54) is 26.4 Å². The van der Waals surface area contributed by atoms with Gasteiger partial charge in [-0.1, -0.05) is 17.7 Å². The van der Waals surface area contributed by atoms with Crippen LogP contribution in [0.2, 0.25) is 0 Å². The van der Waals surface area contributed by atoms with Gasteiger partial charge in [0.15, 0.2) is 11.5 Å². The Balaban J connectivity index is 2.14. The average Bonchev–Trinajstić information content (AvgIpc) is 2.96. The number of benzene rings is 2. The van der Waals surface area contributed by atoms with Gasteiger partial charge in [-0.3, -0.25) is 4.72 Å². The van der Waals surface area contributed by atoms with E-state index in [-0.39, 0.29) is 16.3 Å². The van der Waals surface area contributed by atoms with Crippen LogP contribution in [0.4, 0.5) is 5.69 Å². The van der Waals surface area contributed by atoms with Crippen molar-refractivity contribution in [1.82, 2.24) is 4.98 Å². The zero-order chi connectivity index (χ0) is 18.9. The molecule has 0 aliphatic carbocycles. The molecule has 0 aliphatic rings. The molecule has 0 fully saturated rings. The van der Waals surface area contributed by atoms with Crippen molar-refractivity contribution in [2.75, 3.05) is 18.9 Å². The number of hydrogen-bond donors (Lipinski definition) is 2. The first kappa shape index (κ1) is 17.6. The maximum Gasteiger partial charge on any atom is 0.262 e. The second-order valence-electron chi connectivity index (χ2n) is 5.66. The summed E-state index contributed by atoms with van der Waals surface area (Å²) in [6.07, 6.45) is 0. The Morgan fingerprint density at radius 1 is 1.08 bits per heavy atom. The fourth-order valence-corrected chi connectivity index (χ4v) is 3.71. The molecule has 0 saturated carbocycles. The first-order valence-corrected chi connectivity index (χ1v) is 9.15. The van der Waals surface area contributed by atoms with Crippen molar-refractivity contribution < 1.29 is 17.9 Å². The molecule has 26 heavy (non-hydrogen) atoms. The Bertz CT molecular complexity index is 1110. The standard InChI is InChI=1S/C18H17N3O4S/c1-11-4-6-12(7-5-11)26(22,23)21-18-13-8-16(24-2)17(25-3)9-14(13)20-15(18)10-19/h4-9,20-21H,1-3H3. The molecular formula is C18H17N3O4S. The number of nitrogens with one attached hydrogen (secondary N) is 2. The normalized spacial score (nSPS) is 11.2. The van der Waals surface area contributed by atoms with Crippen molar-refractivity contribution >= 4 is 26.6 Å². The van der Waals surface area contributed by atoms with Crippen LogP contribution in [0, 0.1) is 18.3 Å². The number of H-pyrrole nitrogens is 1. The topological polar surface area (TPSA) is 104 Å². The van der Waals surface area contributed by atoms with Crippen LogP contribution in [0.1, 0.15) is 11.3 Å². The smallest absolute Gasteiger partial charge is 0.262 e. The summed E-state index contributed by atoms with van der Waals surface area (Å²) in [6, 6.07) is 11.7. The van der Waals surface area contributed by atoms with Crippen LogP contribution >= 0.6 is 0 Å². The van der Waals surface area contributed by atoms with E-state index >= 15 is 0 Å². The molecule has 134 valence electrons. The van der Waals surface area contributed by atoms with E-state index in [1.54, 1.807) is 24.3 Å². The first-order valence-electron chi connectivity index (χ1n) is 7.67. The van der Waals surface area contributed by atoms with Crippen LogP contribution in [-0.4, -0.2) is 27.6 Å².